The lowest BCUT2D eigenvalue weighted by Crippen LogP contribution is -2.50. The van der Waals surface area contributed by atoms with Crippen LogP contribution < -0.4 is 25.6 Å². The van der Waals surface area contributed by atoms with Gasteiger partial charge in [0.15, 0.2) is 5.82 Å². The summed E-state index contributed by atoms with van der Waals surface area (Å²) in [5.74, 6) is 0.504. The van der Waals surface area contributed by atoms with Crippen LogP contribution in [0.3, 0.4) is 0 Å². The van der Waals surface area contributed by atoms with Gasteiger partial charge in [0.1, 0.15) is 11.4 Å². The number of anilines is 4. The molecule has 3 aromatic heterocycles. The number of rotatable bonds is 9. The van der Waals surface area contributed by atoms with Crippen molar-refractivity contribution in [1.29, 1.82) is 0 Å². The lowest BCUT2D eigenvalue weighted by molar-refractivity contribution is -0.383. The van der Waals surface area contributed by atoms with Crippen LogP contribution in [0, 0.1) is 10.1 Å². The lowest BCUT2D eigenvalue weighted by atomic mass is 10.1. The van der Waals surface area contributed by atoms with Crippen LogP contribution >= 0.6 is 0 Å². The number of imide groups is 1. The molecule has 1 fully saturated rings. The van der Waals surface area contributed by atoms with Crippen LogP contribution in [0.25, 0.3) is 22.2 Å². The summed E-state index contributed by atoms with van der Waals surface area (Å²) in [6, 6.07) is 15.3. The van der Waals surface area contributed by atoms with Gasteiger partial charge in [-0.2, -0.15) is 5.10 Å². The highest BCUT2D eigenvalue weighted by molar-refractivity contribution is 6.05. The van der Waals surface area contributed by atoms with Crippen molar-refractivity contribution in [2.45, 2.75) is 13.0 Å². The number of nitro benzene ring substituents is 1. The highest BCUT2D eigenvalue weighted by Gasteiger charge is 2.25. The number of hydrogen-bond acceptors (Lipinski definition) is 11. The average Bonchev–Trinajstić information content (AvgIpc) is 3.37. The second-order valence-electron chi connectivity index (χ2n) is 9.88. The van der Waals surface area contributed by atoms with Crippen molar-refractivity contribution >= 4 is 51.7 Å². The summed E-state index contributed by atoms with van der Waals surface area (Å²) in [5, 5.41) is 29.6. The van der Waals surface area contributed by atoms with Crippen molar-refractivity contribution in [3.63, 3.8) is 0 Å². The summed E-state index contributed by atoms with van der Waals surface area (Å²) < 4.78 is 7.56. The fourth-order valence-electron chi connectivity index (χ4n) is 4.92. The Kier molecular flexibility index (Phi) is 7.41. The third-order valence-electron chi connectivity index (χ3n) is 7.09. The molecule has 0 radical (unpaired) electrons. The summed E-state index contributed by atoms with van der Waals surface area (Å²) in [6.07, 6.45) is 3.77. The minimum absolute atomic E-state index is 0.102. The number of para-hydroxylation sites is 1. The lowest BCUT2D eigenvalue weighted by Gasteiger charge is -2.25. The van der Waals surface area contributed by atoms with Crippen LogP contribution in [0.2, 0.25) is 0 Å². The van der Waals surface area contributed by atoms with E-state index in [1.807, 2.05) is 42.1 Å². The summed E-state index contributed by atoms with van der Waals surface area (Å²) in [5.41, 5.74) is 3.44. The zero-order chi connectivity index (χ0) is 30.8. The molecule has 15 nitrogen and oxygen atoms in total. The quantitative estimate of drug-likeness (QED) is 0.165. The molecule has 3 N–H and O–H groups in total. The molecule has 3 amide bonds. The molecule has 0 spiro atoms. The summed E-state index contributed by atoms with van der Waals surface area (Å²) in [4.78, 5) is 45.3. The Hall–Kier alpha value is -6.12. The largest absolute Gasteiger partial charge is 0.494 e. The first kappa shape index (κ1) is 28.0. The summed E-state index contributed by atoms with van der Waals surface area (Å²) in [6.45, 7) is 0.298. The van der Waals surface area contributed by atoms with E-state index in [0.717, 1.165) is 16.5 Å². The fraction of sp³-hybridized carbons (Fsp3) is 0.172. The van der Waals surface area contributed by atoms with E-state index in [9.17, 15) is 19.7 Å². The van der Waals surface area contributed by atoms with Crippen molar-refractivity contribution in [3.05, 3.63) is 82.8 Å². The number of amides is 3. The number of aryl methyl sites for hydroxylation is 1. The van der Waals surface area contributed by atoms with E-state index in [4.69, 9.17) is 4.74 Å². The molecule has 0 atom stereocenters. The van der Waals surface area contributed by atoms with E-state index < -0.39 is 11.0 Å². The SMILES string of the molecule is COc1cc(NCc2ccc(N3CCC(=O)NC3=O)nn2)c([N+](=O)[O-])cc1Nc1nccc(-c2cn(C)c3ccccc23)n1. The molecule has 0 unspecified atom stereocenters. The van der Waals surface area contributed by atoms with Gasteiger partial charge in [-0.1, -0.05) is 18.2 Å². The molecule has 44 heavy (non-hydrogen) atoms. The van der Waals surface area contributed by atoms with Gasteiger partial charge in [0, 0.05) is 61.0 Å². The number of benzene rings is 2. The van der Waals surface area contributed by atoms with Crippen LogP contribution in [-0.4, -0.2) is 55.2 Å². The number of methoxy groups -OCH3 is 1. The molecular formula is C29H26N10O5. The first-order valence-electron chi connectivity index (χ1n) is 13.5. The third kappa shape index (κ3) is 5.53. The van der Waals surface area contributed by atoms with E-state index in [2.05, 4.69) is 36.1 Å². The molecule has 222 valence electrons. The number of fused-ring (bicyclic) bond motifs is 1. The highest BCUT2D eigenvalue weighted by atomic mass is 16.6. The van der Waals surface area contributed by atoms with Gasteiger partial charge in [0.2, 0.25) is 11.9 Å². The molecule has 1 saturated heterocycles. The number of nitrogens with one attached hydrogen (secondary N) is 3. The normalized spacial score (nSPS) is 13.1. The molecule has 1 aliphatic rings. The molecule has 0 bridgehead atoms. The van der Waals surface area contributed by atoms with Crippen molar-refractivity contribution in [1.82, 2.24) is 30.0 Å². The van der Waals surface area contributed by atoms with Crippen LogP contribution in [0.15, 0.2) is 67.0 Å². The van der Waals surface area contributed by atoms with Gasteiger partial charge in [0.05, 0.1) is 35.7 Å². The van der Waals surface area contributed by atoms with Gasteiger partial charge >= 0.3 is 6.03 Å². The Morgan fingerprint density at radius 3 is 2.68 bits per heavy atom. The molecule has 0 aliphatic carbocycles. The maximum atomic E-state index is 12.1. The number of nitrogens with zero attached hydrogens (tertiary/aromatic N) is 7. The zero-order valence-corrected chi connectivity index (χ0v) is 23.6. The van der Waals surface area contributed by atoms with E-state index in [1.165, 1.54) is 24.1 Å². The van der Waals surface area contributed by atoms with Gasteiger partial charge in [0.25, 0.3) is 5.69 Å². The van der Waals surface area contributed by atoms with Gasteiger partial charge in [-0.05, 0) is 24.3 Å². The number of carbonyl (C=O) groups excluding carboxylic acids is 2. The molecule has 4 heterocycles. The molecule has 5 aromatic rings. The molecule has 6 rings (SSSR count). The Morgan fingerprint density at radius 1 is 1.09 bits per heavy atom. The van der Waals surface area contributed by atoms with E-state index in [0.29, 0.717) is 22.8 Å². The topological polar surface area (TPSA) is 182 Å². The molecule has 0 saturated carbocycles. The second kappa shape index (κ2) is 11.6. The van der Waals surface area contributed by atoms with E-state index in [1.54, 1.807) is 24.4 Å². The third-order valence-corrected chi connectivity index (χ3v) is 7.09. The van der Waals surface area contributed by atoms with E-state index >= 15 is 0 Å². The van der Waals surface area contributed by atoms with Crippen LogP contribution in [0.1, 0.15) is 12.1 Å². The van der Waals surface area contributed by atoms with Crippen molar-refractivity contribution < 1.29 is 19.2 Å². The minimum Gasteiger partial charge on any atom is -0.494 e. The number of ether oxygens (including phenoxy) is 1. The van der Waals surface area contributed by atoms with Gasteiger partial charge < -0.3 is 19.9 Å². The summed E-state index contributed by atoms with van der Waals surface area (Å²) >= 11 is 0. The molecule has 1 aliphatic heterocycles. The second-order valence-corrected chi connectivity index (χ2v) is 9.88. The molecular weight excluding hydrogens is 568 g/mol. The van der Waals surface area contributed by atoms with Crippen LogP contribution in [0.4, 0.5) is 33.6 Å². The maximum absolute atomic E-state index is 12.1. The standard InChI is InChI=1S/C29H26N10O5/c1-37-16-19(18-5-3-4-6-23(18)37)20-9-11-30-28(32-20)33-22-13-24(39(42)43)21(14-25(22)44-2)31-15-17-7-8-26(36-35-17)38-12-10-27(40)34-29(38)41/h3-9,11,13-14,16,31H,10,12,15H2,1-2H3,(H,30,32,33)(H,34,40,41). The highest BCUT2D eigenvalue weighted by Crippen LogP contribution is 2.38. The van der Waals surface area contributed by atoms with Crippen LogP contribution in [-0.2, 0) is 18.4 Å². The minimum atomic E-state index is -0.566. The number of nitro groups is 1. The number of aromatic nitrogens is 5. The van der Waals surface area contributed by atoms with Crippen molar-refractivity contribution in [2.24, 2.45) is 7.05 Å². The Bertz CT molecular complexity index is 1910. The van der Waals surface area contributed by atoms with Crippen molar-refractivity contribution in [3.8, 4) is 17.0 Å². The zero-order valence-electron chi connectivity index (χ0n) is 23.6. The maximum Gasteiger partial charge on any atom is 0.329 e. The Balaban J connectivity index is 1.21. The fourth-order valence-corrected chi connectivity index (χ4v) is 4.92. The number of carbonyl (C=O) groups is 2. The van der Waals surface area contributed by atoms with Crippen LogP contribution in [0.5, 0.6) is 5.75 Å². The predicted molar refractivity (Wildman–Crippen MR) is 162 cm³/mol. The first-order chi connectivity index (χ1) is 21.3. The van der Waals surface area contributed by atoms with Crippen molar-refractivity contribution in [2.75, 3.05) is 29.2 Å². The Labute approximate surface area is 250 Å². The van der Waals surface area contributed by atoms with Gasteiger partial charge in [-0.3, -0.25) is 25.1 Å². The van der Waals surface area contributed by atoms with Gasteiger partial charge in [-0.25, -0.2) is 14.8 Å². The average molecular weight is 595 g/mol. The Morgan fingerprint density at radius 2 is 1.93 bits per heavy atom. The monoisotopic (exact) mass is 594 g/mol. The summed E-state index contributed by atoms with van der Waals surface area (Å²) in [7, 11) is 3.42. The number of urea groups is 1. The molecule has 2 aromatic carbocycles. The van der Waals surface area contributed by atoms with E-state index in [-0.39, 0.29) is 48.6 Å². The van der Waals surface area contributed by atoms with Gasteiger partial charge in [-0.15, -0.1) is 5.10 Å². The predicted octanol–water partition coefficient (Wildman–Crippen LogP) is 4.14. The molecule has 15 heteroatoms. The smallest absolute Gasteiger partial charge is 0.329 e. The number of hydrogen-bond donors (Lipinski definition) is 3. The first-order valence-corrected chi connectivity index (χ1v) is 13.5.